The summed E-state index contributed by atoms with van der Waals surface area (Å²) >= 11 is 5.20. The second-order valence-corrected chi connectivity index (χ2v) is 5.11. The first-order chi connectivity index (χ1) is 9.49. The van der Waals surface area contributed by atoms with Crippen LogP contribution in [0.4, 0.5) is 0 Å². The third-order valence-electron chi connectivity index (χ3n) is 1.99. The Bertz CT molecular complexity index is 576. The lowest BCUT2D eigenvalue weighted by Crippen LogP contribution is -1.91. The standard InChI is InChI=1S/C8H7BrN2S.C4H4O4/c9-8-4-12-3-6(8)1-7-2-10-5-11-7;5-3(6)1-2-4(7)8/h2-5H,1H2,(H,10,11);1-2H,(H,5,6)(H,7,8)/b;2-1+. The van der Waals surface area contributed by atoms with Crippen LogP contribution in [-0.4, -0.2) is 32.1 Å². The van der Waals surface area contributed by atoms with Crippen LogP contribution in [0.15, 0.2) is 39.9 Å². The summed E-state index contributed by atoms with van der Waals surface area (Å²) in [4.78, 5) is 26.1. The van der Waals surface area contributed by atoms with Crippen molar-refractivity contribution < 1.29 is 19.8 Å². The number of nitrogens with zero attached hydrogens (tertiary/aromatic N) is 1. The number of carboxylic acid groups (broad SMARTS) is 2. The van der Waals surface area contributed by atoms with Gasteiger partial charge in [-0.25, -0.2) is 14.6 Å². The maximum Gasteiger partial charge on any atom is 0.328 e. The minimum Gasteiger partial charge on any atom is -0.478 e. The normalized spacial score (nSPS) is 10.1. The third-order valence-corrected chi connectivity index (χ3v) is 3.83. The topological polar surface area (TPSA) is 103 Å². The van der Waals surface area contributed by atoms with Crippen molar-refractivity contribution in [3.63, 3.8) is 0 Å². The van der Waals surface area contributed by atoms with Gasteiger partial charge >= 0.3 is 11.9 Å². The second-order valence-electron chi connectivity index (χ2n) is 3.51. The molecule has 0 aromatic carbocycles. The van der Waals surface area contributed by atoms with Crippen molar-refractivity contribution >= 4 is 39.2 Å². The molecule has 0 bridgehead atoms. The molecule has 0 amide bonds. The summed E-state index contributed by atoms with van der Waals surface area (Å²) in [6, 6.07) is 0. The van der Waals surface area contributed by atoms with Gasteiger partial charge in [-0.15, -0.1) is 0 Å². The minimum atomic E-state index is -1.26. The Hall–Kier alpha value is -1.93. The molecule has 2 heterocycles. The van der Waals surface area contributed by atoms with E-state index in [2.05, 4.69) is 36.7 Å². The van der Waals surface area contributed by atoms with Crippen LogP contribution >= 0.6 is 27.3 Å². The van der Waals surface area contributed by atoms with Crippen LogP contribution < -0.4 is 0 Å². The van der Waals surface area contributed by atoms with Crippen molar-refractivity contribution in [3.05, 3.63) is 51.2 Å². The van der Waals surface area contributed by atoms with Gasteiger partial charge < -0.3 is 15.2 Å². The van der Waals surface area contributed by atoms with Crippen molar-refractivity contribution in [2.75, 3.05) is 0 Å². The third kappa shape index (κ3) is 6.30. The molecule has 6 nitrogen and oxygen atoms in total. The first-order valence-electron chi connectivity index (χ1n) is 5.30. The maximum absolute atomic E-state index is 9.55. The monoisotopic (exact) mass is 358 g/mol. The van der Waals surface area contributed by atoms with Gasteiger partial charge in [0.2, 0.25) is 0 Å². The molecule has 8 heteroatoms. The molecule has 0 radical (unpaired) electrons. The predicted octanol–water partition coefficient (Wildman–Crippen LogP) is 2.54. The Morgan fingerprint density at radius 2 is 1.95 bits per heavy atom. The van der Waals surface area contributed by atoms with Crippen molar-refractivity contribution in [1.29, 1.82) is 0 Å². The van der Waals surface area contributed by atoms with E-state index >= 15 is 0 Å². The van der Waals surface area contributed by atoms with Gasteiger partial charge in [-0.05, 0) is 26.9 Å². The van der Waals surface area contributed by atoms with E-state index in [9.17, 15) is 9.59 Å². The number of rotatable bonds is 4. The number of thiophene rings is 1. The molecule has 0 fully saturated rings. The largest absolute Gasteiger partial charge is 0.478 e. The molecular formula is C12H11BrN2O4S. The number of carboxylic acids is 2. The van der Waals surface area contributed by atoms with Gasteiger partial charge in [0, 0.05) is 40.3 Å². The Kier molecular flexibility index (Phi) is 6.68. The summed E-state index contributed by atoms with van der Waals surface area (Å²) in [6.45, 7) is 0. The van der Waals surface area contributed by atoms with E-state index in [0.29, 0.717) is 12.2 Å². The molecule has 0 aliphatic rings. The Morgan fingerprint density at radius 1 is 1.30 bits per heavy atom. The highest BCUT2D eigenvalue weighted by atomic mass is 79.9. The highest BCUT2D eigenvalue weighted by Gasteiger charge is 2.02. The van der Waals surface area contributed by atoms with Gasteiger partial charge in [-0.3, -0.25) is 0 Å². The number of aliphatic carboxylic acids is 2. The number of hydrogen-bond acceptors (Lipinski definition) is 4. The molecular weight excluding hydrogens is 348 g/mol. The molecule has 0 saturated heterocycles. The van der Waals surface area contributed by atoms with Gasteiger partial charge in [-0.1, -0.05) is 0 Å². The number of carbonyl (C=O) groups is 2. The molecule has 2 aromatic rings. The Labute approximate surface area is 126 Å². The number of aromatic nitrogens is 2. The van der Waals surface area contributed by atoms with E-state index in [0.717, 1.165) is 12.1 Å². The fourth-order valence-electron chi connectivity index (χ4n) is 1.16. The van der Waals surface area contributed by atoms with E-state index in [1.54, 1.807) is 17.7 Å². The highest BCUT2D eigenvalue weighted by molar-refractivity contribution is 9.10. The summed E-state index contributed by atoms with van der Waals surface area (Å²) in [6.07, 6.45) is 5.59. The average Bonchev–Trinajstić information content (AvgIpc) is 3.01. The lowest BCUT2D eigenvalue weighted by molar-refractivity contribution is -0.134. The van der Waals surface area contributed by atoms with Crippen LogP contribution in [0, 0.1) is 0 Å². The van der Waals surface area contributed by atoms with Crippen molar-refractivity contribution in [3.8, 4) is 0 Å². The van der Waals surface area contributed by atoms with Gasteiger partial charge in [-0.2, -0.15) is 11.3 Å². The molecule has 20 heavy (non-hydrogen) atoms. The van der Waals surface area contributed by atoms with Gasteiger partial charge in [0.05, 0.1) is 6.33 Å². The van der Waals surface area contributed by atoms with Crippen LogP contribution in [0.2, 0.25) is 0 Å². The molecule has 2 rings (SSSR count). The molecule has 106 valence electrons. The Balaban J connectivity index is 0.000000221. The van der Waals surface area contributed by atoms with Gasteiger partial charge in [0.1, 0.15) is 0 Å². The van der Waals surface area contributed by atoms with Crippen LogP contribution in [0.5, 0.6) is 0 Å². The molecule has 0 aliphatic carbocycles. The summed E-state index contributed by atoms with van der Waals surface area (Å²) in [7, 11) is 0. The molecule has 3 N–H and O–H groups in total. The molecule has 0 unspecified atom stereocenters. The molecule has 2 aromatic heterocycles. The number of nitrogens with one attached hydrogen (secondary N) is 1. The molecule has 0 saturated carbocycles. The first-order valence-corrected chi connectivity index (χ1v) is 7.04. The number of aromatic amines is 1. The maximum atomic E-state index is 9.55. The minimum absolute atomic E-state index is 0.558. The summed E-state index contributed by atoms with van der Waals surface area (Å²) in [5.74, 6) is -2.51. The summed E-state index contributed by atoms with van der Waals surface area (Å²) in [5, 5.41) is 19.9. The summed E-state index contributed by atoms with van der Waals surface area (Å²) < 4.78 is 1.18. The van der Waals surface area contributed by atoms with Gasteiger partial charge in [0.25, 0.3) is 0 Å². The average molecular weight is 359 g/mol. The van der Waals surface area contributed by atoms with E-state index in [4.69, 9.17) is 10.2 Å². The predicted molar refractivity (Wildman–Crippen MR) is 77.8 cm³/mol. The van der Waals surface area contributed by atoms with Crippen molar-refractivity contribution in [1.82, 2.24) is 9.97 Å². The zero-order valence-electron chi connectivity index (χ0n) is 10.1. The number of H-pyrrole nitrogens is 1. The lowest BCUT2D eigenvalue weighted by atomic mass is 10.2. The molecule has 0 spiro atoms. The first kappa shape index (κ1) is 16.1. The molecule has 0 atom stereocenters. The molecule has 0 aliphatic heterocycles. The highest BCUT2D eigenvalue weighted by Crippen LogP contribution is 2.23. The Morgan fingerprint density at radius 3 is 2.35 bits per heavy atom. The zero-order chi connectivity index (χ0) is 15.0. The van der Waals surface area contributed by atoms with E-state index < -0.39 is 11.9 Å². The van der Waals surface area contributed by atoms with E-state index in [-0.39, 0.29) is 0 Å². The fourth-order valence-corrected chi connectivity index (χ4v) is 2.61. The number of hydrogen-bond donors (Lipinski definition) is 3. The fraction of sp³-hybridized carbons (Fsp3) is 0.0833. The summed E-state index contributed by atoms with van der Waals surface area (Å²) in [5.41, 5.74) is 2.46. The number of imidazole rings is 1. The van der Waals surface area contributed by atoms with Gasteiger partial charge in [0.15, 0.2) is 0 Å². The smallest absolute Gasteiger partial charge is 0.328 e. The van der Waals surface area contributed by atoms with Crippen LogP contribution in [-0.2, 0) is 16.0 Å². The van der Waals surface area contributed by atoms with Crippen LogP contribution in [0.1, 0.15) is 11.3 Å². The SMILES string of the molecule is Brc1cscc1Cc1cnc[nH]1.O=C(O)/C=C/C(=O)O. The van der Waals surface area contributed by atoms with E-state index in [1.165, 1.54) is 10.0 Å². The second kappa shape index (κ2) is 8.28. The number of halogens is 1. The zero-order valence-corrected chi connectivity index (χ0v) is 12.5. The van der Waals surface area contributed by atoms with Crippen molar-refractivity contribution in [2.45, 2.75) is 6.42 Å². The van der Waals surface area contributed by atoms with Crippen molar-refractivity contribution in [2.24, 2.45) is 0 Å². The lowest BCUT2D eigenvalue weighted by Gasteiger charge is -1.94. The quantitative estimate of drug-likeness (QED) is 0.728. The van der Waals surface area contributed by atoms with E-state index in [1.807, 2.05) is 6.20 Å². The van der Waals surface area contributed by atoms with Crippen LogP contribution in [0.3, 0.4) is 0 Å². The van der Waals surface area contributed by atoms with Crippen LogP contribution in [0.25, 0.3) is 0 Å².